The highest BCUT2D eigenvalue weighted by molar-refractivity contribution is 8.01. The average Bonchev–Trinajstić information content (AvgIpc) is 3.58. The van der Waals surface area contributed by atoms with Crippen LogP contribution in [-0.2, 0) is 30.3 Å². The molecule has 11 nitrogen and oxygen atoms in total. The zero-order valence-corrected chi connectivity index (χ0v) is 36.6. The van der Waals surface area contributed by atoms with E-state index in [9.17, 15) is 24.3 Å². The molecule has 1 heterocycles. The molecule has 8 unspecified atom stereocenters. The van der Waals surface area contributed by atoms with E-state index in [4.69, 9.17) is 4.74 Å². The van der Waals surface area contributed by atoms with Crippen molar-refractivity contribution < 1.29 is 29.0 Å². The second-order valence-corrected chi connectivity index (χ2v) is 19.1. The smallest absolute Gasteiger partial charge is 0.245 e. The van der Waals surface area contributed by atoms with E-state index in [1.165, 1.54) is 0 Å². The number of carbonyl (C=O) groups is 4. The summed E-state index contributed by atoms with van der Waals surface area (Å²) in [7, 11) is 7.09. The number of likely N-dealkylation sites (N-methyl/N-ethyl adjacent to an activating group) is 2. The summed E-state index contributed by atoms with van der Waals surface area (Å²) in [5.41, 5.74) is 0.781. The number of carbonyl (C=O) groups excluding carboxylic acids is 4. The number of phenolic OH excluding ortho intramolecular Hbond substituents is 1. The number of para-hydroxylation sites is 1. The molecular weight excluding hydrogens is 703 g/mol. The van der Waals surface area contributed by atoms with Crippen LogP contribution in [0.15, 0.2) is 24.3 Å². The monoisotopic (exact) mass is 776 g/mol. The minimum Gasteiger partial charge on any atom is -0.508 e. The van der Waals surface area contributed by atoms with Gasteiger partial charge in [-0.05, 0) is 62.7 Å². The van der Waals surface area contributed by atoms with Crippen molar-refractivity contribution in [1.82, 2.24) is 25.3 Å². The van der Waals surface area contributed by atoms with Gasteiger partial charge in [-0.2, -0.15) is 0 Å². The first-order chi connectivity index (χ1) is 25.2. The normalized spacial score (nSPS) is 18.9. The fourth-order valence-electron chi connectivity index (χ4n) is 7.84. The molecule has 0 bridgehead atoms. The van der Waals surface area contributed by atoms with Crippen LogP contribution in [0.5, 0.6) is 5.75 Å². The molecular formula is C42H73N5O6S. The van der Waals surface area contributed by atoms with Gasteiger partial charge >= 0.3 is 0 Å². The van der Waals surface area contributed by atoms with Crippen LogP contribution in [0.1, 0.15) is 100 Å². The van der Waals surface area contributed by atoms with Crippen LogP contribution in [0.2, 0.25) is 0 Å². The Kier molecular flexibility index (Phi) is 18.8. The molecule has 1 fully saturated rings. The van der Waals surface area contributed by atoms with Gasteiger partial charge < -0.3 is 30.3 Å². The van der Waals surface area contributed by atoms with Crippen LogP contribution < -0.4 is 10.6 Å². The van der Waals surface area contributed by atoms with Gasteiger partial charge in [-0.25, -0.2) is 0 Å². The molecule has 8 atom stereocenters. The van der Waals surface area contributed by atoms with Gasteiger partial charge in [0.05, 0.1) is 24.6 Å². The van der Waals surface area contributed by atoms with E-state index in [0.717, 1.165) is 24.8 Å². The topological polar surface area (TPSA) is 132 Å². The summed E-state index contributed by atoms with van der Waals surface area (Å²) < 4.78 is 5.93. The number of likely N-dealkylation sites (tertiary alicyclic amines) is 1. The van der Waals surface area contributed by atoms with Gasteiger partial charge in [-0.15, -0.1) is 11.8 Å². The van der Waals surface area contributed by atoms with Crippen molar-refractivity contribution >= 4 is 35.4 Å². The molecule has 0 aliphatic carbocycles. The minimum absolute atomic E-state index is 0.00508. The molecule has 4 amide bonds. The predicted octanol–water partition coefficient (Wildman–Crippen LogP) is 5.58. The number of hydrogen-bond donors (Lipinski definition) is 3. The summed E-state index contributed by atoms with van der Waals surface area (Å²) in [5.74, 6) is -0.777. The molecule has 1 aliphatic rings. The Hall–Kier alpha value is -2.83. The summed E-state index contributed by atoms with van der Waals surface area (Å²) >= 11 is 1.74. The van der Waals surface area contributed by atoms with E-state index in [1.807, 2.05) is 70.6 Å². The molecule has 0 aromatic heterocycles. The van der Waals surface area contributed by atoms with Crippen molar-refractivity contribution in [3.63, 3.8) is 0 Å². The fourth-order valence-corrected chi connectivity index (χ4v) is 9.43. The van der Waals surface area contributed by atoms with Gasteiger partial charge in [0, 0.05) is 49.2 Å². The lowest BCUT2D eigenvalue weighted by atomic mass is 9.89. The van der Waals surface area contributed by atoms with Crippen LogP contribution in [-0.4, -0.2) is 125 Å². The highest BCUT2D eigenvalue weighted by Crippen LogP contribution is 2.40. The quantitative estimate of drug-likeness (QED) is 0.157. The Bertz CT molecular complexity index is 1360. The van der Waals surface area contributed by atoms with Crippen molar-refractivity contribution in [3.05, 3.63) is 29.8 Å². The van der Waals surface area contributed by atoms with E-state index in [1.54, 1.807) is 43.0 Å². The highest BCUT2D eigenvalue weighted by atomic mass is 32.2. The average molecular weight is 776 g/mol. The molecule has 1 aromatic rings. The van der Waals surface area contributed by atoms with Gasteiger partial charge in [0.25, 0.3) is 0 Å². The molecule has 0 spiro atoms. The first-order valence-corrected chi connectivity index (χ1v) is 20.8. The Labute approximate surface area is 331 Å². The van der Waals surface area contributed by atoms with Gasteiger partial charge in [-0.1, -0.05) is 93.9 Å². The van der Waals surface area contributed by atoms with Crippen molar-refractivity contribution in [3.8, 4) is 5.75 Å². The molecule has 0 saturated carbocycles. The molecule has 1 aliphatic heterocycles. The van der Waals surface area contributed by atoms with Crippen LogP contribution >= 0.6 is 11.8 Å². The van der Waals surface area contributed by atoms with Gasteiger partial charge in [0.2, 0.25) is 23.6 Å². The predicted molar refractivity (Wildman–Crippen MR) is 220 cm³/mol. The third-order valence-corrected chi connectivity index (χ3v) is 12.5. The molecule has 12 heteroatoms. The Morgan fingerprint density at radius 3 is 2.15 bits per heavy atom. The summed E-state index contributed by atoms with van der Waals surface area (Å²) in [6.45, 7) is 21.3. The number of amides is 4. The second-order valence-electron chi connectivity index (χ2n) is 17.1. The van der Waals surface area contributed by atoms with Gasteiger partial charge in [-0.3, -0.25) is 24.1 Å². The van der Waals surface area contributed by atoms with Crippen LogP contribution in [0.4, 0.5) is 0 Å². The maximum atomic E-state index is 14.4. The van der Waals surface area contributed by atoms with Crippen LogP contribution in [0.3, 0.4) is 0 Å². The number of nitrogens with zero attached hydrogens (tertiary/aromatic N) is 3. The van der Waals surface area contributed by atoms with Crippen molar-refractivity contribution in [1.29, 1.82) is 0 Å². The summed E-state index contributed by atoms with van der Waals surface area (Å²) in [6, 6.07) is 5.45. The molecule has 2 rings (SSSR count). The molecule has 0 radical (unpaired) electrons. The maximum absolute atomic E-state index is 14.4. The van der Waals surface area contributed by atoms with Crippen LogP contribution in [0.25, 0.3) is 0 Å². The van der Waals surface area contributed by atoms with Crippen molar-refractivity contribution in [2.75, 3.05) is 41.3 Å². The molecule has 1 saturated heterocycles. The lowest BCUT2D eigenvalue weighted by Gasteiger charge is -2.41. The summed E-state index contributed by atoms with van der Waals surface area (Å²) in [5, 5.41) is 16.2. The van der Waals surface area contributed by atoms with Gasteiger partial charge in [0.15, 0.2) is 0 Å². The van der Waals surface area contributed by atoms with E-state index in [-0.39, 0.29) is 81.6 Å². The maximum Gasteiger partial charge on any atom is 0.245 e. The summed E-state index contributed by atoms with van der Waals surface area (Å²) in [4.78, 5) is 61.3. The lowest BCUT2D eigenvalue weighted by Crippen LogP contribution is -2.59. The number of thioether (sulfide) groups is 1. The number of phenols is 1. The number of benzene rings is 1. The lowest BCUT2D eigenvalue weighted by molar-refractivity contribution is -0.146. The van der Waals surface area contributed by atoms with Crippen molar-refractivity contribution in [2.45, 2.75) is 142 Å². The number of ether oxygens (including phenoxy) is 1. The second kappa shape index (κ2) is 21.5. The SMILES string of the molecule is CCC(C)C(C(CC(=O)N1CCCC1C(SC(C)(C)C)C(C)C(=O)NCCc1ccccc1O)OC)N(C)C(=O)C(NC(=O)C(C(C)C)N(C)C)C(C)C. The largest absolute Gasteiger partial charge is 0.508 e. The fraction of sp³-hybridized carbons (Fsp3) is 0.762. The standard InChI is InChI=1S/C42H73N5O6S/c1-15-28(6)37(46(13)41(52)35(26(2)3)44-40(51)36(27(4)5)45(11)12)33(53-14)25-34(49)47-24-18-20-31(47)38(54-42(8,9)10)29(7)39(50)43-23-22-30-19-16-17-21-32(30)48/h16-17,19,21,26-29,31,33,35-38,48H,15,18,20,22-25H2,1-14H3,(H,43,50)(H,44,51). The van der Waals surface area contributed by atoms with E-state index in [0.29, 0.717) is 19.5 Å². The molecule has 54 heavy (non-hydrogen) atoms. The van der Waals surface area contributed by atoms with E-state index >= 15 is 0 Å². The number of hydrogen-bond acceptors (Lipinski definition) is 8. The third kappa shape index (κ3) is 13.1. The Balaban J connectivity index is 2.31. The number of aromatic hydroxyl groups is 1. The number of rotatable bonds is 20. The summed E-state index contributed by atoms with van der Waals surface area (Å²) in [6.07, 6.45) is 2.41. The van der Waals surface area contributed by atoms with E-state index in [2.05, 4.69) is 45.3 Å². The van der Waals surface area contributed by atoms with Gasteiger partial charge in [0.1, 0.15) is 11.8 Å². The van der Waals surface area contributed by atoms with E-state index < -0.39 is 18.2 Å². The zero-order valence-electron chi connectivity index (χ0n) is 35.8. The minimum atomic E-state index is -0.743. The first-order valence-electron chi connectivity index (χ1n) is 19.9. The number of methoxy groups -OCH3 is 1. The zero-order chi connectivity index (χ0) is 41.1. The molecule has 1 aromatic carbocycles. The first kappa shape index (κ1) is 47.3. The van der Waals surface area contributed by atoms with Crippen molar-refractivity contribution in [2.24, 2.45) is 23.7 Å². The Morgan fingerprint density at radius 2 is 1.63 bits per heavy atom. The third-order valence-electron chi connectivity index (χ3n) is 10.8. The molecule has 3 N–H and O–H groups in total. The molecule has 308 valence electrons. The highest BCUT2D eigenvalue weighted by Gasteiger charge is 2.44. The number of nitrogens with one attached hydrogen (secondary N) is 2. The van der Waals surface area contributed by atoms with Crippen LogP contribution in [0, 0.1) is 23.7 Å². The Morgan fingerprint density at radius 1 is 1.00 bits per heavy atom.